The molecule has 0 unspecified atom stereocenters. The topological polar surface area (TPSA) is 58.6 Å². The van der Waals surface area contributed by atoms with Gasteiger partial charge in [-0.1, -0.05) is 66.3 Å². The third kappa shape index (κ3) is 4.65. The summed E-state index contributed by atoms with van der Waals surface area (Å²) < 4.78 is 5.58. The van der Waals surface area contributed by atoms with Crippen molar-refractivity contribution in [1.29, 1.82) is 0 Å². The molecule has 5 rings (SSSR count). The summed E-state index contributed by atoms with van der Waals surface area (Å²) in [6.07, 6.45) is 9.49. The monoisotopic (exact) mass is 456 g/mol. The number of alkyl carbamates (subject to hydrolysis) is 1. The van der Waals surface area contributed by atoms with Crippen molar-refractivity contribution in [3.8, 4) is 0 Å². The van der Waals surface area contributed by atoms with E-state index in [1.54, 1.807) is 0 Å². The van der Waals surface area contributed by atoms with Crippen LogP contribution in [0.1, 0.15) is 67.7 Å². The van der Waals surface area contributed by atoms with E-state index in [0.717, 1.165) is 38.5 Å². The fourth-order valence-electron chi connectivity index (χ4n) is 5.47. The first-order valence-corrected chi connectivity index (χ1v) is 12.4. The van der Waals surface area contributed by atoms with Crippen LogP contribution in [0, 0.1) is 0 Å². The summed E-state index contributed by atoms with van der Waals surface area (Å²) in [6, 6.07) is 17.1. The Hall–Kier alpha value is -3.34. The predicted octanol–water partition coefficient (Wildman–Crippen LogP) is 5.65. The molecule has 1 saturated carbocycles. The molecule has 2 aliphatic carbocycles. The van der Waals surface area contributed by atoms with Crippen LogP contribution in [0.15, 0.2) is 54.1 Å². The molecule has 1 heterocycles. The number of nitrogens with one attached hydrogen (secondary N) is 1. The van der Waals surface area contributed by atoms with Gasteiger partial charge in [0.05, 0.1) is 0 Å². The van der Waals surface area contributed by atoms with Crippen LogP contribution in [-0.2, 0) is 9.53 Å². The molecule has 2 amide bonds. The fourth-order valence-corrected chi connectivity index (χ4v) is 5.47. The molecular formula is C29H32N2O3. The van der Waals surface area contributed by atoms with Gasteiger partial charge in [-0.3, -0.25) is 4.79 Å². The van der Waals surface area contributed by atoms with Crippen molar-refractivity contribution in [2.45, 2.75) is 51.0 Å². The zero-order valence-electron chi connectivity index (χ0n) is 19.8. The van der Waals surface area contributed by atoms with Crippen LogP contribution in [-0.4, -0.2) is 42.1 Å². The molecule has 2 fully saturated rings. The van der Waals surface area contributed by atoms with Crippen LogP contribution in [0.5, 0.6) is 0 Å². The number of carbonyl (C=O) groups excluding carboxylic acids is 2. The Morgan fingerprint density at radius 3 is 2.06 bits per heavy atom. The molecular weight excluding hydrogens is 424 g/mol. The van der Waals surface area contributed by atoms with Gasteiger partial charge in [-0.15, -0.1) is 0 Å². The highest BCUT2D eigenvalue weighted by Gasteiger charge is 2.33. The number of fused-ring (bicyclic) bond motifs is 2. The Kier molecular flexibility index (Phi) is 6.27. The van der Waals surface area contributed by atoms with Crippen LogP contribution in [0.25, 0.3) is 17.7 Å². The standard InChI is InChI=1S/C29H32N2O3/c1-29(16-6-7-17-29)34-28(33)30-20-26(32)31-18-14-23(15-19-31)27-24-10-4-2-8-21(24)12-13-22-9-3-5-11-25(22)27/h2-5,8-13H,6-7,14-20H2,1H3,(H,30,33). The van der Waals surface area contributed by atoms with Gasteiger partial charge in [-0.2, -0.15) is 0 Å². The normalized spacial score (nSPS) is 18.7. The number of amides is 2. The second kappa shape index (κ2) is 9.49. The lowest BCUT2D eigenvalue weighted by atomic mass is 9.86. The highest BCUT2D eigenvalue weighted by atomic mass is 16.6. The number of carbonyl (C=O) groups is 2. The number of rotatable bonds is 3. The van der Waals surface area contributed by atoms with Crippen LogP contribution >= 0.6 is 0 Å². The van der Waals surface area contributed by atoms with E-state index in [1.807, 2.05) is 11.8 Å². The van der Waals surface area contributed by atoms with E-state index in [0.29, 0.717) is 13.1 Å². The third-order valence-corrected chi connectivity index (χ3v) is 7.36. The predicted molar refractivity (Wildman–Crippen MR) is 135 cm³/mol. The first-order valence-electron chi connectivity index (χ1n) is 12.4. The van der Waals surface area contributed by atoms with Gasteiger partial charge < -0.3 is 15.0 Å². The van der Waals surface area contributed by atoms with Crippen LogP contribution in [0.3, 0.4) is 0 Å². The van der Waals surface area contributed by atoms with Crippen molar-refractivity contribution in [3.63, 3.8) is 0 Å². The van der Waals surface area contributed by atoms with Gasteiger partial charge in [0.25, 0.3) is 0 Å². The van der Waals surface area contributed by atoms with E-state index in [4.69, 9.17) is 4.74 Å². The number of likely N-dealkylation sites (tertiary alicyclic amines) is 1. The molecule has 1 aliphatic heterocycles. The SMILES string of the molecule is CC1(OC(=O)NCC(=O)N2CCC(=C3c4ccccc4C=Cc4ccccc43)CC2)CCCC1. The lowest BCUT2D eigenvalue weighted by Crippen LogP contribution is -2.44. The van der Waals surface area contributed by atoms with E-state index < -0.39 is 6.09 Å². The molecule has 0 spiro atoms. The van der Waals surface area contributed by atoms with Gasteiger partial charge >= 0.3 is 6.09 Å². The van der Waals surface area contributed by atoms with Crippen molar-refractivity contribution in [3.05, 3.63) is 76.4 Å². The first kappa shape index (κ1) is 22.5. The van der Waals surface area contributed by atoms with Crippen molar-refractivity contribution < 1.29 is 14.3 Å². The molecule has 0 atom stereocenters. The van der Waals surface area contributed by atoms with Crippen molar-refractivity contribution in [2.24, 2.45) is 0 Å². The van der Waals surface area contributed by atoms with E-state index in [9.17, 15) is 9.59 Å². The van der Waals surface area contributed by atoms with Crippen molar-refractivity contribution in [2.75, 3.05) is 19.6 Å². The summed E-state index contributed by atoms with van der Waals surface area (Å²) in [5.74, 6) is -0.0547. The summed E-state index contributed by atoms with van der Waals surface area (Å²) in [6.45, 7) is 3.27. The highest BCUT2D eigenvalue weighted by Crippen LogP contribution is 2.38. The molecule has 0 aromatic heterocycles. The summed E-state index contributed by atoms with van der Waals surface area (Å²) in [4.78, 5) is 26.8. The Morgan fingerprint density at radius 2 is 1.47 bits per heavy atom. The van der Waals surface area contributed by atoms with Gasteiger partial charge in [0.2, 0.25) is 5.91 Å². The largest absolute Gasteiger partial charge is 0.443 e. The summed E-state index contributed by atoms with van der Waals surface area (Å²) >= 11 is 0. The maximum Gasteiger partial charge on any atom is 0.408 e. The minimum Gasteiger partial charge on any atom is -0.443 e. The molecule has 3 aliphatic rings. The number of piperidine rings is 1. The lowest BCUT2D eigenvalue weighted by Gasteiger charge is -2.31. The Balaban J connectivity index is 1.27. The Labute approximate surface area is 201 Å². The Morgan fingerprint density at radius 1 is 0.912 bits per heavy atom. The second-order valence-electron chi connectivity index (χ2n) is 9.77. The average Bonchev–Trinajstić information content (AvgIpc) is 3.20. The first-order chi connectivity index (χ1) is 16.5. The average molecular weight is 457 g/mol. The minimum atomic E-state index is -0.489. The maximum absolute atomic E-state index is 12.8. The van der Waals surface area contributed by atoms with Crippen molar-refractivity contribution >= 4 is 29.7 Å². The van der Waals surface area contributed by atoms with Crippen LogP contribution in [0.2, 0.25) is 0 Å². The van der Waals surface area contributed by atoms with Gasteiger partial charge in [0.1, 0.15) is 12.1 Å². The molecule has 2 aromatic carbocycles. The molecule has 176 valence electrons. The quantitative estimate of drug-likeness (QED) is 0.554. The number of ether oxygens (including phenoxy) is 1. The number of nitrogens with zero attached hydrogens (tertiary/aromatic N) is 1. The van der Waals surface area contributed by atoms with E-state index in [1.165, 1.54) is 33.4 Å². The zero-order chi connectivity index (χ0) is 23.5. The van der Waals surface area contributed by atoms with E-state index >= 15 is 0 Å². The molecule has 1 N–H and O–H groups in total. The minimum absolute atomic E-state index is 0.0175. The van der Waals surface area contributed by atoms with Crippen LogP contribution in [0.4, 0.5) is 4.79 Å². The molecule has 0 bridgehead atoms. The number of hydrogen-bond acceptors (Lipinski definition) is 3. The lowest BCUT2D eigenvalue weighted by molar-refractivity contribution is -0.130. The second-order valence-corrected chi connectivity index (χ2v) is 9.77. The van der Waals surface area contributed by atoms with Gasteiger partial charge in [-0.25, -0.2) is 4.79 Å². The summed E-state index contributed by atoms with van der Waals surface area (Å²) in [5, 5.41) is 2.67. The van der Waals surface area contributed by atoms with Gasteiger partial charge in [0, 0.05) is 13.1 Å². The smallest absolute Gasteiger partial charge is 0.408 e. The fraction of sp³-hybridized carbons (Fsp3) is 0.379. The number of hydrogen-bond donors (Lipinski definition) is 1. The molecule has 5 heteroatoms. The molecule has 1 saturated heterocycles. The number of benzene rings is 2. The molecule has 2 aromatic rings. The van der Waals surface area contributed by atoms with E-state index in [2.05, 4.69) is 66.0 Å². The molecule has 0 radical (unpaired) electrons. The Bertz CT molecular complexity index is 1100. The zero-order valence-corrected chi connectivity index (χ0v) is 19.8. The van der Waals surface area contributed by atoms with Crippen LogP contribution < -0.4 is 5.32 Å². The third-order valence-electron chi connectivity index (χ3n) is 7.36. The molecule has 5 nitrogen and oxygen atoms in total. The summed E-state index contributed by atoms with van der Waals surface area (Å²) in [7, 11) is 0. The summed E-state index contributed by atoms with van der Waals surface area (Å²) in [5.41, 5.74) is 7.24. The van der Waals surface area contributed by atoms with E-state index in [-0.39, 0.29) is 18.1 Å². The molecule has 34 heavy (non-hydrogen) atoms. The van der Waals surface area contributed by atoms with Crippen molar-refractivity contribution in [1.82, 2.24) is 10.2 Å². The maximum atomic E-state index is 12.8. The van der Waals surface area contributed by atoms with Gasteiger partial charge in [0.15, 0.2) is 0 Å². The van der Waals surface area contributed by atoms with Gasteiger partial charge in [-0.05, 0) is 73.3 Å². The highest BCUT2D eigenvalue weighted by molar-refractivity contribution is 5.95.